The summed E-state index contributed by atoms with van der Waals surface area (Å²) < 4.78 is 50.6. The Morgan fingerprint density at radius 3 is 2.69 bits per heavy atom. The van der Waals surface area contributed by atoms with Crippen LogP contribution in [0.5, 0.6) is 0 Å². The average molecular weight is 401 g/mol. The Labute approximate surface area is 162 Å². The molecule has 0 aliphatic heterocycles. The van der Waals surface area contributed by atoms with Gasteiger partial charge in [0, 0.05) is 5.56 Å². The second kappa shape index (κ2) is 7.08. The fraction of sp³-hybridized carbons (Fsp3) is 0.150. The number of aromatic nitrogens is 2. The van der Waals surface area contributed by atoms with E-state index in [1.807, 2.05) is 0 Å². The van der Waals surface area contributed by atoms with E-state index < -0.39 is 17.6 Å². The summed E-state index contributed by atoms with van der Waals surface area (Å²) in [7, 11) is 0. The molecule has 0 atom stereocenters. The topological polar surface area (TPSA) is 81.2 Å². The Hall–Kier alpha value is -3.62. The predicted octanol–water partition coefficient (Wildman–Crippen LogP) is 4.74. The molecular formula is C20H14F3N3O3. The molecule has 4 aromatic rings. The number of rotatable bonds is 4. The van der Waals surface area contributed by atoms with Gasteiger partial charge in [0.05, 0.1) is 40.7 Å². The van der Waals surface area contributed by atoms with Gasteiger partial charge in [-0.1, -0.05) is 23.4 Å². The van der Waals surface area contributed by atoms with Crippen LogP contribution >= 0.6 is 0 Å². The number of nitrogens with one attached hydrogen (secondary N) is 1. The monoisotopic (exact) mass is 401 g/mol. The lowest BCUT2D eigenvalue weighted by Crippen LogP contribution is -2.23. The van der Waals surface area contributed by atoms with Crippen molar-refractivity contribution in [3.63, 3.8) is 0 Å². The number of nitrogens with zero attached hydrogens (tertiary/aromatic N) is 2. The zero-order valence-corrected chi connectivity index (χ0v) is 15.1. The maximum absolute atomic E-state index is 13.4. The van der Waals surface area contributed by atoms with Crippen LogP contribution in [0.25, 0.3) is 22.4 Å². The van der Waals surface area contributed by atoms with Crippen molar-refractivity contribution in [1.29, 1.82) is 0 Å². The molecule has 4 rings (SSSR count). The number of hydrogen-bond donors (Lipinski definition) is 1. The maximum Gasteiger partial charge on any atom is 0.417 e. The molecule has 0 saturated carbocycles. The van der Waals surface area contributed by atoms with Crippen LogP contribution in [0.4, 0.5) is 13.2 Å². The minimum atomic E-state index is -4.58. The molecule has 148 valence electrons. The number of fused-ring (bicyclic) bond motifs is 1. The van der Waals surface area contributed by atoms with E-state index in [9.17, 15) is 18.0 Å². The summed E-state index contributed by atoms with van der Waals surface area (Å²) in [6.45, 7) is 1.74. The van der Waals surface area contributed by atoms with Gasteiger partial charge in [-0.25, -0.2) is 4.98 Å². The van der Waals surface area contributed by atoms with E-state index in [0.29, 0.717) is 16.8 Å². The first-order valence-electron chi connectivity index (χ1n) is 8.59. The smallest absolute Gasteiger partial charge is 0.417 e. The fourth-order valence-corrected chi connectivity index (χ4v) is 3.04. The Bertz CT molecular complexity index is 1180. The number of benzene rings is 1. The van der Waals surface area contributed by atoms with Gasteiger partial charge in [-0.15, -0.1) is 0 Å². The number of carbonyl (C=O) groups excluding carboxylic acids is 1. The number of aryl methyl sites for hydroxylation is 1. The highest BCUT2D eigenvalue weighted by molar-refractivity contribution is 6.07. The van der Waals surface area contributed by atoms with Crippen molar-refractivity contribution >= 4 is 17.0 Å². The molecule has 0 bridgehead atoms. The van der Waals surface area contributed by atoms with Crippen molar-refractivity contribution in [3.05, 3.63) is 71.3 Å². The van der Waals surface area contributed by atoms with E-state index in [0.717, 1.165) is 6.07 Å². The number of amides is 1. The first kappa shape index (κ1) is 18.7. The first-order valence-corrected chi connectivity index (χ1v) is 8.59. The molecule has 0 unspecified atom stereocenters. The normalized spacial score (nSPS) is 11.7. The van der Waals surface area contributed by atoms with Crippen molar-refractivity contribution in [3.8, 4) is 11.3 Å². The molecule has 0 fully saturated rings. The molecule has 6 nitrogen and oxygen atoms in total. The minimum absolute atomic E-state index is 0.0138. The van der Waals surface area contributed by atoms with Crippen LogP contribution in [0.3, 0.4) is 0 Å². The molecule has 29 heavy (non-hydrogen) atoms. The molecule has 0 spiro atoms. The molecule has 0 saturated heterocycles. The summed E-state index contributed by atoms with van der Waals surface area (Å²) in [6.07, 6.45) is -3.10. The van der Waals surface area contributed by atoms with Gasteiger partial charge in [-0.05, 0) is 31.2 Å². The van der Waals surface area contributed by atoms with Crippen molar-refractivity contribution in [1.82, 2.24) is 15.5 Å². The second-order valence-corrected chi connectivity index (χ2v) is 6.31. The van der Waals surface area contributed by atoms with Crippen molar-refractivity contribution < 1.29 is 26.9 Å². The third-order valence-electron chi connectivity index (χ3n) is 4.37. The summed E-state index contributed by atoms with van der Waals surface area (Å²) in [5, 5.41) is 6.82. The summed E-state index contributed by atoms with van der Waals surface area (Å²) in [5.41, 5.74) is -0.537. The van der Waals surface area contributed by atoms with E-state index in [1.54, 1.807) is 19.1 Å². The Kier molecular flexibility index (Phi) is 4.57. The lowest BCUT2D eigenvalue weighted by molar-refractivity contribution is -0.137. The number of carbonyl (C=O) groups is 1. The molecular weight excluding hydrogens is 387 g/mol. The highest BCUT2D eigenvalue weighted by Gasteiger charge is 2.34. The average Bonchev–Trinajstić information content (AvgIpc) is 3.35. The van der Waals surface area contributed by atoms with E-state index >= 15 is 0 Å². The van der Waals surface area contributed by atoms with Crippen LogP contribution in [0.1, 0.15) is 27.4 Å². The van der Waals surface area contributed by atoms with Crippen molar-refractivity contribution in [2.24, 2.45) is 0 Å². The third-order valence-corrected chi connectivity index (χ3v) is 4.37. The standard InChI is InChI=1S/C20H14F3N3O3/c1-11-17-14(18(27)24-10-12-5-4-8-28-12)9-16(25-19(17)29-26-11)13-6-2-3-7-15(13)20(21,22)23/h2-9H,10H2,1H3,(H,24,27). The molecule has 3 aromatic heterocycles. The molecule has 0 radical (unpaired) electrons. The largest absolute Gasteiger partial charge is 0.467 e. The van der Waals surface area contributed by atoms with Crippen LogP contribution < -0.4 is 5.32 Å². The number of halogens is 3. The van der Waals surface area contributed by atoms with Crippen LogP contribution in [-0.2, 0) is 12.7 Å². The Balaban J connectivity index is 1.81. The minimum Gasteiger partial charge on any atom is -0.467 e. The van der Waals surface area contributed by atoms with Crippen molar-refractivity contribution in [2.75, 3.05) is 0 Å². The maximum atomic E-state index is 13.4. The van der Waals surface area contributed by atoms with Crippen LogP contribution in [0, 0.1) is 6.92 Å². The molecule has 1 amide bonds. The zero-order chi connectivity index (χ0) is 20.6. The van der Waals surface area contributed by atoms with Crippen LogP contribution in [0.2, 0.25) is 0 Å². The van der Waals surface area contributed by atoms with E-state index in [4.69, 9.17) is 8.94 Å². The number of furan rings is 1. The van der Waals surface area contributed by atoms with Gasteiger partial charge in [0.2, 0.25) is 0 Å². The van der Waals surface area contributed by atoms with Gasteiger partial charge in [0.25, 0.3) is 11.6 Å². The molecule has 3 heterocycles. The van der Waals surface area contributed by atoms with E-state index in [-0.39, 0.29) is 29.1 Å². The summed E-state index contributed by atoms with van der Waals surface area (Å²) in [5.74, 6) is 0.0270. The quantitative estimate of drug-likeness (QED) is 0.534. The molecule has 1 aromatic carbocycles. The highest BCUT2D eigenvalue weighted by Crippen LogP contribution is 2.37. The summed E-state index contributed by atoms with van der Waals surface area (Å²) >= 11 is 0. The second-order valence-electron chi connectivity index (χ2n) is 6.31. The zero-order valence-electron chi connectivity index (χ0n) is 15.1. The summed E-state index contributed by atoms with van der Waals surface area (Å²) in [6, 6.07) is 9.71. The van der Waals surface area contributed by atoms with Gasteiger partial charge in [-0.3, -0.25) is 4.79 Å². The van der Waals surface area contributed by atoms with Crippen molar-refractivity contribution in [2.45, 2.75) is 19.6 Å². The molecule has 1 N–H and O–H groups in total. The number of alkyl halides is 3. The van der Waals surface area contributed by atoms with E-state index in [1.165, 1.54) is 30.5 Å². The molecule has 0 aliphatic carbocycles. The fourth-order valence-electron chi connectivity index (χ4n) is 3.04. The Morgan fingerprint density at radius 1 is 1.17 bits per heavy atom. The predicted molar refractivity (Wildman–Crippen MR) is 96.9 cm³/mol. The molecule has 9 heteroatoms. The summed E-state index contributed by atoms with van der Waals surface area (Å²) in [4.78, 5) is 17.0. The van der Waals surface area contributed by atoms with Gasteiger partial charge in [-0.2, -0.15) is 13.2 Å². The van der Waals surface area contributed by atoms with E-state index in [2.05, 4.69) is 15.5 Å². The molecule has 0 aliphatic rings. The SMILES string of the molecule is Cc1noc2nc(-c3ccccc3C(F)(F)F)cc(C(=O)NCc3ccco3)c12. The van der Waals surface area contributed by atoms with Gasteiger partial charge in [0.1, 0.15) is 5.76 Å². The first-order chi connectivity index (χ1) is 13.8. The lowest BCUT2D eigenvalue weighted by Gasteiger charge is -2.13. The number of hydrogen-bond acceptors (Lipinski definition) is 5. The van der Waals surface area contributed by atoms with Gasteiger partial charge >= 0.3 is 6.18 Å². The highest BCUT2D eigenvalue weighted by atomic mass is 19.4. The van der Waals surface area contributed by atoms with Gasteiger partial charge < -0.3 is 14.3 Å². The van der Waals surface area contributed by atoms with Crippen LogP contribution in [0.15, 0.2) is 57.7 Å². The van der Waals surface area contributed by atoms with Gasteiger partial charge in [0.15, 0.2) is 0 Å². The lowest BCUT2D eigenvalue weighted by atomic mass is 10.0. The Morgan fingerprint density at radius 2 is 1.97 bits per heavy atom. The number of pyridine rings is 1. The van der Waals surface area contributed by atoms with Crippen LogP contribution in [-0.4, -0.2) is 16.0 Å². The third kappa shape index (κ3) is 3.58.